The second-order valence-corrected chi connectivity index (χ2v) is 5.26. The molecule has 0 amide bonds. The number of aryl methyl sites for hydroxylation is 1. The fourth-order valence-electron chi connectivity index (χ4n) is 1.93. The van der Waals surface area contributed by atoms with Gasteiger partial charge in [0.05, 0.1) is 13.7 Å². The van der Waals surface area contributed by atoms with Crippen molar-refractivity contribution in [3.63, 3.8) is 0 Å². The topological polar surface area (TPSA) is 47.6 Å². The lowest BCUT2D eigenvalue weighted by molar-refractivity contribution is -0.148. The number of hydrogen-bond donors (Lipinski definition) is 1. The maximum atomic E-state index is 13.4. The number of halogens is 1. The number of esters is 1. The van der Waals surface area contributed by atoms with Crippen molar-refractivity contribution in [3.05, 3.63) is 29.6 Å². The Bertz CT molecular complexity index is 479. The van der Waals surface area contributed by atoms with Crippen LogP contribution in [-0.2, 0) is 9.53 Å². The maximum Gasteiger partial charge on any atom is 0.325 e. The van der Waals surface area contributed by atoms with Crippen LogP contribution in [-0.4, -0.2) is 31.8 Å². The Kier molecular flexibility index (Phi) is 6.62. The first-order valence-electron chi connectivity index (χ1n) is 7.15. The molecule has 0 saturated heterocycles. The summed E-state index contributed by atoms with van der Waals surface area (Å²) in [4.78, 5) is 11.9. The van der Waals surface area contributed by atoms with Crippen LogP contribution in [0, 0.1) is 12.7 Å². The van der Waals surface area contributed by atoms with Gasteiger partial charge < -0.3 is 14.8 Å². The predicted molar refractivity (Wildman–Crippen MR) is 80.0 cm³/mol. The van der Waals surface area contributed by atoms with Crippen LogP contribution in [0.3, 0.4) is 0 Å². The minimum atomic E-state index is -0.798. The summed E-state index contributed by atoms with van der Waals surface area (Å²) in [6.45, 7) is 6.52. The molecule has 0 saturated carbocycles. The normalized spacial score (nSPS) is 13.6. The van der Waals surface area contributed by atoms with Gasteiger partial charge in [0, 0.05) is 12.5 Å². The van der Waals surface area contributed by atoms with Crippen LogP contribution in [0.5, 0.6) is 5.75 Å². The van der Waals surface area contributed by atoms with Gasteiger partial charge in [-0.3, -0.25) is 4.79 Å². The molecule has 0 aliphatic carbocycles. The highest BCUT2D eigenvalue weighted by molar-refractivity contribution is 5.80. The van der Waals surface area contributed by atoms with Crippen LogP contribution in [0.2, 0.25) is 0 Å². The van der Waals surface area contributed by atoms with Gasteiger partial charge in [0.1, 0.15) is 17.1 Å². The highest BCUT2D eigenvalue weighted by Gasteiger charge is 2.33. The number of carbonyl (C=O) groups excluding carboxylic acids is 1. The van der Waals surface area contributed by atoms with Gasteiger partial charge in [-0.15, -0.1) is 0 Å². The monoisotopic (exact) mass is 297 g/mol. The molecule has 118 valence electrons. The molecule has 1 rings (SSSR count). The van der Waals surface area contributed by atoms with Gasteiger partial charge in [0.2, 0.25) is 0 Å². The van der Waals surface area contributed by atoms with E-state index in [0.717, 1.165) is 6.42 Å². The van der Waals surface area contributed by atoms with Crippen molar-refractivity contribution in [2.75, 3.05) is 20.3 Å². The van der Waals surface area contributed by atoms with Crippen molar-refractivity contribution in [2.45, 2.75) is 39.2 Å². The zero-order chi connectivity index (χ0) is 15.9. The number of hydrogen-bond acceptors (Lipinski definition) is 4. The number of methoxy groups -OCH3 is 1. The molecule has 0 heterocycles. The average molecular weight is 297 g/mol. The SMILES string of the molecule is CCCNC(C)(CCOc1ccc(C)c(F)c1)C(=O)OC. The highest BCUT2D eigenvalue weighted by Crippen LogP contribution is 2.18. The zero-order valence-corrected chi connectivity index (χ0v) is 13.2. The van der Waals surface area contributed by atoms with Crippen LogP contribution in [0.25, 0.3) is 0 Å². The Morgan fingerprint density at radius 3 is 2.71 bits per heavy atom. The molecule has 1 aromatic carbocycles. The minimum absolute atomic E-state index is 0.296. The molecule has 0 aromatic heterocycles. The molecule has 1 atom stereocenters. The second kappa shape index (κ2) is 7.98. The van der Waals surface area contributed by atoms with Crippen LogP contribution < -0.4 is 10.1 Å². The Morgan fingerprint density at radius 2 is 2.14 bits per heavy atom. The van der Waals surface area contributed by atoms with Gasteiger partial charge in [-0.1, -0.05) is 13.0 Å². The van der Waals surface area contributed by atoms with Crippen LogP contribution in [0.4, 0.5) is 4.39 Å². The van der Waals surface area contributed by atoms with E-state index < -0.39 is 5.54 Å². The molecular weight excluding hydrogens is 273 g/mol. The minimum Gasteiger partial charge on any atom is -0.493 e. The average Bonchev–Trinajstić information content (AvgIpc) is 2.48. The molecule has 1 unspecified atom stereocenters. The molecule has 0 fully saturated rings. The first kappa shape index (κ1) is 17.4. The first-order chi connectivity index (χ1) is 9.92. The number of carbonyl (C=O) groups is 1. The number of benzene rings is 1. The van der Waals surface area contributed by atoms with E-state index in [0.29, 0.717) is 30.9 Å². The van der Waals surface area contributed by atoms with Crippen molar-refractivity contribution < 1.29 is 18.7 Å². The van der Waals surface area contributed by atoms with E-state index in [1.54, 1.807) is 26.0 Å². The van der Waals surface area contributed by atoms with Gasteiger partial charge in [-0.05, 0) is 38.4 Å². The van der Waals surface area contributed by atoms with E-state index in [4.69, 9.17) is 9.47 Å². The summed E-state index contributed by atoms with van der Waals surface area (Å²) in [7, 11) is 1.37. The van der Waals surface area contributed by atoms with Gasteiger partial charge in [0.25, 0.3) is 0 Å². The van der Waals surface area contributed by atoms with E-state index >= 15 is 0 Å². The molecule has 0 radical (unpaired) electrons. The number of rotatable bonds is 8. The van der Waals surface area contributed by atoms with E-state index in [-0.39, 0.29) is 11.8 Å². The molecule has 4 nitrogen and oxygen atoms in total. The van der Waals surface area contributed by atoms with Crippen molar-refractivity contribution >= 4 is 5.97 Å². The summed E-state index contributed by atoms with van der Waals surface area (Å²) < 4.78 is 23.8. The van der Waals surface area contributed by atoms with Gasteiger partial charge >= 0.3 is 5.97 Å². The smallest absolute Gasteiger partial charge is 0.325 e. The molecule has 0 bridgehead atoms. The number of nitrogens with one attached hydrogen (secondary N) is 1. The third kappa shape index (κ3) is 5.01. The van der Waals surface area contributed by atoms with Crippen molar-refractivity contribution in [2.24, 2.45) is 0 Å². The fraction of sp³-hybridized carbons (Fsp3) is 0.562. The summed E-state index contributed by atoms with van der Waals surface area (Å²) in [5.41, 5.74) is -0.222. The van der Waals surface area contributed by atoms with Gasteiger partial charge in [0.15, 0.2) is 0 Å². The quantitative estimate of drug-likeness (QED) is 0.750. The summed E-state index contributed by atoms with van der Waals surface area (Å²) in [6, 6.07) is 4.73. The Morgan fingerprint density at radius 1 is 1.43 bits per heavy atom. The van der Waals surface area contributed by atoms with Gasteiger partial charge in [-0.25, -0.2) is 4.39 Å². The molecule has 0 spiro atoms. The molecule has 0 aliphatic rings. The van der Waals surface area contributed by atoms with Crippen molar-refractivity contribution in [1.82, 2.24) is 5.32 Å². The highest BCUT2D eigenvalue weighted by atomic mass is 19.1. The van der Waals surface area contributed by atoms with Crippen molar-refractivity contribution in [3.8, 4) is 5.75 Å². The molecule has 5 heteroatoms. The predicted octanol–water partition coefficient (Wildman–Crippen LogP) is 2.83. The van der Waals surface area contributed by atoms with E-state index in [2.05, 4.69) is 5.32 Å². The molecule has 1 aromatic rings. The number of ether oxygens (including phenoxy) is 2. The van der Waals surface area contributed by atoms with Crippen LogP contribution >= 0.6 is 0 Å². The third-order valence-electron chi connectivity index (χ3n) is 3.42. The Hall–Kier alpha value is -1.62. The van der Waals surface area contributed by atoms with Crippen LogP contribution in [0.1, 0.15) is 32.3 Å². The maximum absolute atomic E-state index is 13.4. The lowest BCUT2D eigenvalue weighted by atomic mass is 9.98. The molecule has 1 N–H and O–H groups in total. The Balaban J connectivity index is 2.60. The zero-order valence-electron chi connectivity index (χ0n) is 13.2. The molecular formula is C16H24FNO3. The summed E-state index contributed by atoms with van der Waals surface area (Å²) in [6.07, 6.45) is 1.35. The van der Waals surface area contributed by atoms with Gasteiger partial charge in [-0.2, -0.15) is 0 Å². The van der Waals surface area contributed by atoms with E-state index in [1.165, 1.54) is 13.2 Å². The lowest BCUT2D eigenvalue weighted by Crippen LogP contribution is -2.51. The molecule has 0 aliphatic heterocycles. The largest absolute Gasteiger partial charge is 0.493 e. The standard InChI is InChI=1S/C16H24FNO3/c1-5-9-18-16(3,15(19)20-4)8-10-21-13-7-6-12(2)14(17)11-13/h6-7,11,18H,5,8-10H2,1-4H3. The second-order valence-electron chi connectivity index (χ2n) is 5.26. The van der Waals surface area contributed by atoms with E-state index in [9.17, 15) is 9.18 Å². The van der Waals surface area contributed by atoms with E-state index in [1.807, 2.05) is 6.92 Å². The Labute approximate surface area is 125 Å². The summed E-state index contributed by atoms with van der Waals surface area (Å²) >= 11 is 0. The fourth-order valence-corrected chi connectivity index (χ4v) is 1.93. The van der Waals surface area contributed by atoms with Crippen molar-refractivity contribution in [1.29, 1.82) is 0 Å². The lowest BCUT2D eigenvalue weighted by Gasteiger charge is -2.27. The third-order valence-corrected chi connectivity index (χ3v) is 3.42. The summed E-state index contributed by atoms with van der Waals surface area (Å²) in [5, 5.41) is 3.17. The van der Waals surface area contributed by atoms with Crippen LogP contribution in [0.15, 0.2) is 18.2 Å². The summed E-state index contributed by atoms with van der Waals surface area (Å²) in [5.74, 6) is -0.164. The molecule has 21 heavy (non-hydrogen) atoms. The first-order valence-corrected chi connectivity index (χ1v) is 7.15.